The molecule has 0 saturated heterocycles. The van der Waals surface area contributed by atoms with Gasteiger partial charge in [-0.15, -0.1) is 0 Å². The highest BCUT2D eigenvalue weighted by Crippen LogP contribution is 2.31. The molecule has 1 saturated carbocycles. The number of carbonyl (C=O) groups excluding carboxylic acids is 1. The van der Waals surface area contributed by atoms with Crippen LogP contribution in [0.4, 0.5) is 5.69 Å². The number of aryl methyl sites for hydroxylation is 1. The van der Waals surface area contributed by atoms with Crippen LogP contribution in [0.2, 0.25) is 5.02 Å². The summed E-state index contributed by atoms with van der Waals surface area (Å²) >= 11 is 6.07. The van der Waals surface area contributed by atoms with Gasteiger partial charge in [-0.1, -0.05) is 30.9 Å². The van der Waals surface area contributed by atoms with Crippen LogP contribution in [0.1, 0.15) is 37.7 Å². The maximum absolute atomic E-state index is 12.2. The maximum atomic E-state index is 12.2. The zero-order valence-corrected chi connectivity index (χ0v) is 14.7. The molecular weight excluding hydrogens is 326 g/mol. The first kappa shape index (κ1) is 18.2. The van der Waals surface area contributed by atoms with Gasteiger partial charge in [-0.2, -0.15) is 5.26 Å². The lowest BCUT2D eigenvalue weighted by molar-refractivity contribution is -0.118. The number of anilines is 1. The molecule has 1 amide bonds. The van der Waals surface area contributed by atoms with Crippen LogP contribution < -0.4 is 15.4 Å². The maximum Gasteiger partial charge on any atom is 0.263 e. The van der Waals surface area contributed by atoms with Gasteiger partial charge in [0, 0.05) is 23.3 Å². The standard InChI is InChI=1S/C18H22ClN3O2/c1-12-8-16(17(24-2)9-15(12)19)21-11-13(10-20)18(23)22-14-6-4-3-5-7-14/h8-9,11,14,21H,3-7H2,1-2H3,(H,22,23)/b13-11-. The first-order valence-electron chi connectivity index (χ1n) is 8.07. The number of nitriles is 1. The van der Waals surface area contributed by atoms with Crippen molar-refractivity contribution in [2.24, 2.45) is 0 Å². The van der Waals surface area contributed by atoms with Crippen molar-refractivity contribution in [3.05, 3.63) is 34.5 Å². The molecule has 0 spiro atoms. The van der Waals surface area contributed by atoms with Gasteiger partial charge < -0.3 is 15.4 Å². The normalized spacial score (nSPS) is 15.5. The molecule has 0 aromatic heterocycles. The predicted molar refractivity (Wildman–Crippen MR) is 95.1 cm³/mol. The van der Waals surface area contributed by atoms with Gasteiger partial charge in [-0.05, 0) is 31.4 Å². The SMILES string of the molecule is COc1cc(Cl)c(C)cc1N/C=C(/C#N)C(=O)NC1CCCCC1. The molecule has 0 heterocycles. The number of methoxy groups -OCH3 is 1. The van der Waals surface area contributed by atoms with Crippen LogP contribution in [-0.2, 0) is 4.79 Å². The van der Waals surface area contributed by atoms with E-state index in [4.69, 9.17) is 16.3 Å². The second-order valence-electron chi connectivity index (χ2n) is 5.92. The van der Waals surface area contributed by atoms with Gasteiger partial charge in [0.05, 0.1) is 12.8 Å². The quantitative estimate of drug-likeness (QED) is 0.625. The minimum absolute atomic E-state index is 0.0372. The Labute approximate surface area is 147 Å². The molecule has 0 radical (unpaired) electrons. The molecular formula is C18H22ClN3O2. The molecule has 1 aliphatic rings. The van der Waals surface area contributed by atoms with E-state index >= 15 is 0 Å². The van der Waals surface area contributed by atoms with Gasteiger partial charge >= 0.3 is 0 Å². The molecule has 128 valence electrons. The van der Waals surface area contributed by atoms with Gasteiger partial charge in [-0.3, -0.25) is 4.79 Å². The van der Waals surface area contributed by atoms with Crippen molar-refractivity contribution < 1.29 is 9.53 Å². The van der Waals surface area contributed by atoms with Crippen LogP contribution in [-0.4, -0.2) is 19.1 Å². The number of halogens is 1. The van der Waals surface area contributed by atoms with E-state index in [0.717, 1.165) is 31.2 Å². The van der Waals surface area contributed by atoms with Crippen molar-refractivity contribution in [2.75, 3.05) is 12.4 Å². The fourth-order valence-electron chi connectivity index (χ4n) is 2.75. The highest BCUT2D eigenvalue weighted by molar-refractivity contribution is 6.31. The van der Waals surface area contributed by atoms with E-state index in [9.17, 15) is 10.1 Å². The van der Waals surface area contributed by atoms with Crippen LogP contribution >= 0.6 is 11.6 Å². The summed E-state index contributed by atoms with van der Waals surface area (Å²) < 4.78 is 5.27. The van der Waals surface area contributed by atoms with Crippen molar-refractivity contribution in [1.29, 1.82) is 5.26 Å². The van der Waals surface area contributed by atoms with Crippen molar-refractivity contribution in [3.8, 4) is 11.8 Å². The van der Waals surface area contributed by atoms with Gasteiger partial charge in [0.15, 0.2) is 0 Å². The summed E-state index contributed by atoms with van der Waals surface area (Å²) in [6, 6.07) is 5.61. The van der Waals surface area contributed by atoms with Crippen molar-refractivity contribution in [2.45, 2.75) is 45.1 Å². The number of amides is 1. The Morgan fingerprint density at radius 3 is 2.71 bits per heavy atom. The predicted octanol–water partition coefficient (Wildman–Crippen LogP) is 3.93. The molecule has 6 heteroatoms. The van der Waals surface area contributed by atoms with E-state index in [2.05, 4.69) is 10.6 Å². The van der Waals surface area contributed by atoms with Crippen molar-refractivity contribution in [3.63, 3.8) is 0 Å². The highest BCUT2D eigenvalue weighted by atomic mass is 35.5. The number of ether oxygens (including phenoxy) is 1. The molecule has 2 N–H and O–H groups in total. The fraction of sp³-hybridized carbons (Fsp3) is 0.444. The molecule has 0 aliphatic heterocycles. The molecule has 1 aliphatic carbocycles. The number of rotatable bonds is 5. The second kappa shape index (κ2) is 8.60. The smallest absolute Gasteiger partial charge is 0.263 e. The zero-order chi connectivity index (χ0) is 17.5. The Morgan fingerprint density at radius 2 is 2.08 bits per heavy atom. The minimum atomic E-state index is -0.346. The molecule has 1 aromatic rings. The summed E-state index contributed by atoms with van der Waals surface area (Å²) in [7, 11) is 1.54. The monoisotopic (exact) mass is 347 g/mol. The fourth-order valence-corrected chi connectivity index (χ4v) is 2.91. The van der Waals surface area contributed by atoms with Crippen LogP contribution in [0.5, 0.6) is 5.75 Å². The summed E-state index contributed by atoms with van der Waals surface area (Å²) in [6.07, 6.45) is 6.81. The molecule has 24 heavy (non-hydrogen) atoms. The van der Waals surface area contributed by atoms with Crippen molar-refractivity contribution in [1.82, 2.24) is 5.32 Å². The highest BCUT2D eigenvalue weighted by Gasteiger charge is 2.18. The number of carbonyl (C=O) groups is 1. The second-order valence-corrected chi connectivity index (χ2v) is 6.33. The minimum Gasteiger partial charge on any atom is -0.495 e. The number of nitrogens with zero attached hydrogens (tertiary/aromatic N) is 1. The van der Waals surface area contributed by atoms with Crippen molar-refractivity contribution >= 4 is 23.2 Å². The van der Waals surface area contributed by atoms with E-state index < -0.39 is 0 Å². The number of benzene rings is 1. The molecule has 0 unspecified atom stereocenters. The molecule has 0 bridgehead atoms. The third kappa shape index (κ3) is 4.65. The third-order valence-corrected chi connectivity index (χ3v) is 4.57. The molecule has 0 atom stereocenters. The molecule has 1 aromatic carbocycles. The van der Waals surface area contributed by atoms with Crippen LogP contribution in [0.25, 0.3) is 0 Å². The zero-order valence-electron chi connectivity index (χ0n) is 14.0. The van der Waals surface area contributed by atoms with Crippen LogP contribution in [0.3, 0.4) is 0 Å². The summed E-state index contributed by atoms with van der Waals surface area (Å²) in [4.78, 5) is 12.2. The van der Waals surface area contributed by atoms with E-state index in [1.807, 2.05) is 19.1 Å². The first-order chi connectivity index (χ1) is 11.5. The van der Waals surface area contributed by atoms with Gasteiger partial charge in [0.25, 0.3) is 5.91 Å². The Bertz CT molecular complexity index is 674. The third-order valence-electron chi connectivity index (χ3n) is 4.16. The largest absolute Gasteiger partial charge is 0.495 e. The lowest BCUT2D eigenvalue weighted by atomic mass is 9.95. The average Bonchev–Trinajstić information content (AvgIpc) is 2.59. The Balaban J connectivity index is 2.09. The molecule has 2 rings (SSSR count). The summed E-state index contributed by atoms with van der Waals surface area (Å²) in [5.41, 5.74) is 1.56. The summed E-state index contributed by atoms with van der Waals surface area (Å²) in [5, 5.41) is 15.8. The number of hydrogen-bond donors (Lipinski definition) is 2. The molecule has 1 fully saturated rings. The lowest BCUT2D eigenvalue weighted by Gasteiger charge is -2.22. The van der Waals surface area contributed by atoms with Crippen LogP contribution in [0.15, 0.2) is 23.9 Å². The molecule has 5 nitrogen and oxygen atoms in total. The summed E-state index contributed by atoms with van der Waals surface area (Å²) in [5.74, 6) is 0.202. The van der Waals surface area contributed by atoms with E-state index in [0.29, 0.717) is 16.5 Å². The lowest BCUT2D eigenvalue weighted by Crippen LogP contribution is -2.37. The number of hydrogen-bond acceptors (Lipinski definition) is 4. The van der Waals surface area contributed by atoms with E-state index in [-0.39, 0.29) is 17.5 Å². The van der Waals surface area contributed by atoms with Gasteiger partial charge in [-0.25, -0.2) is 0 Å². The van der Waals surface area contributed by atoms with Crippen LogP contribution in [0, 0.1) is 18.3 Å². The summed E-state index contributed by atoms with van der Waals surface area (Å²) in [6.45, 7) is 1.87. The van der Waals surface area contributed by atoms with Gasteiger partial charge in [0.1, 0.15) is 17.4 Å². The number of nitrogens with one attached hydrogen (secondary N) is 2. The first-order valence-corrected chi connectivity index (χ1v) is 8.44. The van der Waals surface area contributed by atoms with Gasteiger partial charge in [0.2, 0.25) is 0 Å². The van der Waals surface area contributed by atoms with E-state index in [1.165, 1.54) is 19.7 Å². The Kier molecular flexibility index (Phi) is 6.51. The van der Waals surface area contributed by atoms with E-state index in [1.54, 1.807) is 6.07 Å². The Hall–Kier alpha value is -2.19. The Morgan fingerprint density at radius 1 is 1.38 bits per heavy atom. The average molecular weight is 348 g/mol. The topological polar surface area (TPSA) is 74.1 Å².